The molecule has 3 rings (SSSR count). The predicted octanol–water partition coefficient (Wildman–Crippen LogP) is 8.34. The quantitative estimate of drug-likeness (QED) is 0.321. The van der Waals surface area contributed by atoms with Crippen LogP contribution in [0.4, 0.5) is 23.8 Å². The molecule has 2 aromatic rings. The average molecular weight is 557 g/mol. The maximum absolute atomic E-state index is 12.5. The molecule has 216 valence electrons. The number of aromatic nitrogens is 2. The van der Waals surface area contributed by atoms with Crippen molar-refractivity contribution in [1.29, 1.82) is 0 Å². The Morgan fingerprint density at radius 3 is 2.48 bits per heavy atom. The van der Waals surface area contributed by atoms with Gasteiger partial charge in [0.1, 0.15) is 11.6 Å². The van der Waals surface area contributed by atoms with Crippen molar-refractivity contribution in [3.63, 3.8) is 0 Å². The van der Waals surface area contributed by atoms with Gasteiger partial charge in [-0.15, -0.1) is 0 Å². The van der Waals surface area contributed by atoms with Gasteiger partial charge >= 0.3 is 12.2 Å². The van der Waals surface area contributed by atoms with Crippen molar-refractivity contribution in [3.8, 4) is 0 Å². The number of aryl methyl sites for hydroxylation is 1. The highest BCUT2D eigenvalue weighted by Crippen LogP contribution is 2.30. The van der Waals surface area contributed by atoms with E-state index in [9.17, 15) is 18.0 Å². The van der Waals surface area contributed by atoms with Crippen molar-refractivity contribution in [3.05, 3.63) is 108 Å². The minimum atomic E-state index is -4.29. The van der Waals surface area contributed by atoms with E-state index in [2.05, 4.69) is 27.2 Å². The van der Waals surface area contributed by atoms with Gasteiger partial charge in [0.25, 0.3) is 0 Å². The molecule has 0 aliphatic heterocycles. The topological polar surface area (TPSA) is 76.1 Å². The third kappa shape index (κ3) is 12.6. The fourth-order valence-corrected chi connectivity index (χ4v) is 3.24. The highest BCUT2D eigenvalue weighted by Gasteiger charge is 2.31. The first-order chi connectivity index (χ1) is 19.1. The third-order valence-electron chi connectivity index (χ3n) is 5.24. The van der Waals surface area contributed by atoms with Gasteiger partial charge < -0.3 is 10.1 Å². The lowest BCUT2D eigenvalue weighted by Gasteiger charge is -2.12. The Kier molecular flexibility index (Phi) is 15.4. The van der Waals surface area contributed by atoms with Crippen LogP contribution in [0, 0.1) is 6.92 Å². The summed E-state index contributed by atoms with van der Waals surface area (Å²) in [7, 11) is 0. The number of alkyl halides is 3. The smallest absolute Gasteiger partial charge is 0.412 e. The highest BCUT2D eigenvalue weighted by atomic mass is 19.4. The molecule has 1 aliphatic carbocycles. The molecule has 6 nitrogen and oxygen atoms in total. The zero-order valence-electron chi connectivity index (χ0n) is 23.8. The molecule has 0 saturated carbocycles. The molecule has 40 heavy (non-hydrogen) atoms. The lowest BCUT2D eigenvalue weighted by atomic mass is 10.0. The fraction of sp³-hybridized carbons (Fsp3) is 0.323. The van der Waals surface area contributed by atoms with Crippen LogP contribution in [0.5, 0.6) is 0 Å². The number of rotatable bonds is 8. The van der Waals surface area contributed by atoms with Crippen LogP contribution in [0.15, 0.2) is 96.7 Å². The van der Waals surface area contributed by atoms with Gasteiger partial charge in [-0.1, -0.05) is 63.8 Å². The molecule has 2 heterocycles. The Bertz CT molecular complexity index is 1180. The normalized spacial score (nSPS) is 12.8. The predicted molar refractivity (Wildman–Crippen MR) is 157 cm³/mol. The third-order valence-corrected chi connectivity index (χ3v) is 5.24. The Balaban J connectivity index is 0.000000394. The van der Waals surface area contributed by atoms with Gasteiger partial charge in [-0.3, -0.25) is 10.3 Å². The van der Waals surface area contributed by atoms with E-state index in [0.29, 0.717) is 30.1 Å². The van der Waals surface area contributed by atoms with Gasteiger partial charge in [0, 0.05) is 42.7 Å². The number of urea groups is 1. The van der Waals surface area contributed by atoms with E-state index < -0.39 is 11.7 Å². The Hall–Kier alpha value is -4.14. The molecule has 2 amide bonds. The molecular weight excluding hydrogens is 517 g/mol. The van der Waals surface area contributed by atoms with E-state index in [0.717, 1.165) is 29.4 Å². The van der Waals surface area contributed by atoms with Crippen molar-refractivity contribution in [2.45, 2.75) is 53.6 Å². The zero-order chi connectivity index (χ0) is 30.0. The number of allylic oxidation sites excluding steroid dienone is 6. The number of pyridine rings is 2. The SMILES string of the molecule is C=C(/C=C(\CC)C(F)(F)F)c1cccnc1.CC.CCOC1=C(CNC(=O)Nc2ccc(C)cn2)C=CC=CC1. The van der Waals surface area contributed by atoms with E-state index in [-0.39, 0.29) is 12.5 Å². The van der Waals surface area contributed by atoms with Crippen LogP contribution in [-0.4, -0.2) is 35.3 Å². The molecule has 9 heteroatoms. The van der Waals surface area contributed by atoms with Crippen molar-refractivity contribution < 1.29 is 22.7 Å². The van der Waals surface area contributed by atoms with Crippen LogP contribution < -0.4 is 10.6 Å². The number of halogens is 3. The van der Waals surface area contributed by atoms with Crippen LogP contribution in [-0.2, 0) is 4.74 Å². The maximum atomic E-state index is 12.5. The number of nitrogens with one attached hydrogen (secondary N) is 2. The number of ether oxygens (including phenoxy) is 1. The number of carbonyl (C=O) groups excluding carboxylic acids is 1. The molecule has 0 atom stereocenters. The zero-order valence-corrected chi connectivity index (χ0v) is 23.8. The molecule has 0 saturated heterocycles. The molecule has 0 spiro atoms. The Labute approximate surface area is 235 Å². The molecule has 0 unspecified atom stereocenters. The fourth-order valence-electron chi connectivity index (χ4n) is 3.24. The summed E-state index contributed by atoms with van der Waals surface area (Å²) in [5, 5.41) is 5.53. The van der Waals surface area contributed by atoms with Gasteiger partial charge in [0.15, 0.2) is 0 Å². The molecular formula is C31H39F3N4O2. The van der Waals surface area contributed by atoms with E-state index in [4.69, 9.17) is 4.74 Å². The first-order valence-corrected chi connectivity index (χ1v) is 13.2. The summed E-state index contributed by atoms with van der Waals surface area (Å²) in [6, 6.07) is 6.72. The summed E-state index contributed by atoms with van der Waals surface area (Å²) in [6.45, 7) is 14.0. The van der Waals surface area contributed by atoms with Crippen LogP contribution >= 0.6 is 0 Å². The summed E-state index contributed by atoms with van der Waals surface area (Å²) in [5.74, 6) is 1.42. The molecule has 2 aromatic heterocycles. The first kappa shape index (κ1) is 33.9. The van der Waals surface area contributed by atoms with E-state index in [1.807, 2.05) is 58.1 Å². The second-order valence-electron chi connectivity index (χ2n) is 8.19. The first-order valence-electron chi connectivity index (χ1n) is 13.2. The largest absolute Gasteiger partial charge is 0.498 e. The summed E-state index contributed by atoms with van der Waals surface area (Å²) >= 11 is 0. The average Bonchev–Trinajstić information content (AvgIpc) is 3.18. The van der Waals surface area contributed by atoms with Gasteiger partial charge in [-0.05, 0) is 55.2 Å². The van der Waals surface area contributed by atoms with Crippen molar-refractivity contribution >= 4 is 17.4 Å². The summed E-state index contributed by atoms with van der Waals surface area (Å²) in [5.41, 5.74) is 2.36. The number of hydrogen-bond donors (Lipinski definition) is 2. The second kappa shape index (κ2) is 18.2. The summed E-state index contributed by atoms with van der Waals surface area (Å²) < 4.78 is 43.0. The van der Waals surface area contributed by atoms with Crippen LogP contribution in [0.25, 0.3) is 5.57 Å². The number of nitrogens with zero attached hydrogens (tertiary/aromatic N) is 2. The monoisotopic (exact) mass is 556 g/mol. The number of hydrogen-bond acceptors (Lipinski definition) is 4. The highest BCUT2D eigenvalue weighted by molar-refractivity contribution is 5.88. The molecule has 1 aliphatic rings. The van der Waals surface area contributed by atoms with Gasteiger partial charge in [0.2, 0.25) is 0 Å². The van der Waals surface area contributed by atoms with Gasteiger partial charge in [0.05, 0.1) is 6.61 Å². The second-order valence-corrected chi connectivity index (χ2v) is 8.19. The number of anilines is 1. The van der Waals surface area contributed by atoms with Crippen LogP contribution in [0.2, 0.25) is 0 Å². The van der Waals surface area contributed by atoms with Crippen molar-refractivity contribution in [2.75, 3.05) is 18.5 Å². The molecule has 0 bridgehead atoms. The molecule has 0 fully saturated rings. The Morgan fingerprint density at radius 2 is 1.90 bits per heavy atom. The van der Waals surface area contributed by atoms with E-state index >= 15 is 0 Å². The van der Waals surface area contributed by atoms with Crippen molar-refractivity contribution in [1.82, 2.24) is 15.3 Å². The molecule has 0 aromatic carbocycles. The molecule has 2 N–H and O–H groups in total. The van der Waals surface area contributed by atoms with Gasteiger partial charge in [-0.2, -0.15) is 13.2 Å². The minimum Gasteiger partial charge on any atom is -0.498 e. The maximum Gasteiger partial charge on any atom is 0.412 e. The molecule has 0 radical (unpaired) electrons. The van der Waals surface area contributed by atoms with Crippen molar-refractivity contribution in [2.24, 2.45) is 0 Å². The summed E-state index contributed by atoms with van der Waals surface area (Å²) in [4.78, 5) is 19.9. The van der Waals surface area contributed by atoms with Gasteiger partial charge in [-0.25, -0.2) is 9.78 Å². The van der Waals surface area contributed by atoms with E-state index in [1.165, 1.54) is 13.1 Å². The van der Waals surface area contributed by atoms with Crippen LogP contribution in [0.3, 0.4) is 0 Å². The Morgan fingerprint density at radius 1 is 1.15 bits per heavy atom. The standard InChI is InChI=1S/C17H21N3O2.C12H12F3N.C2H6/c1-3-22-15-8-6-4-5-7-14(15)12-19-17(21)20-16-10-9-13(2)11-18-16;1-3-11(12(13,14)15)7-9(2)10-5-4-6-16-8-10;1-2/h4-7,9-11H,3,8,12H2,1-2H3,(H2,18,19,20,21);4-8H,2-3H2,1H3;1-2H3/b;11-7+;. The van der Waals surface area contributed by atoms with Crippen LogP contribution in [0.1, 0.15) is 51.7 Å². The number of carbonyl (C=O) groups is 1. The minimum absolute atomic E-state index is 0.0667. The lowest BCUT2D eigenvalue weighted by molar-refractivity contribution is -0.0934. The summed E-state index contributed by atoms with van der Waals surface area (Å²) in [6.07, 6.45) is 10.1. The van der Waals surface area contributed by atoms with E-state index in [1.54, 1.807) is 30.6 Å². The lowest BCUT2D eigenvalue weighted by Crippen LogP contribution is -2.31. The number of amides is 2.